The summed E-state index contributed by atoms with van der Waals surface area (Å²) in [6, 6.07) is 67.0. The molecule has 4 heterocycles. The number of nitrogens with zero attached hydrogens (tertiary/aromatic N) is 6. The van der Waals surface area contributed by atoms with Gasteiger partial charge in [0.05, 0.1) is 27.6 Å². The van der Waals surface area contributed by atoms with Gasteiger partial charge in [0.15, 0.2) is 23.1 Å². The monoisotopic (exact) mass is 756 g/mol. The van der Waals surface area contributed by atoms with Crippen molar-refractivity contribution >= 4 is 54.7 Å². The number of fused-ring (bicyclic) bond motifs is 8. The lowest BCUT2D eigenvalue weighted by molar-refractivity contribution is 0.620. The summed E-state index contributed by atoms with van der Waals surface area (Å²) in [6.07, 6.45) is 0. The van der Waals surface area contributed by atoms with Gasteiger partial charge in [-0.1, -0.05) is 133 Å². The third-order valence-corrected chi connectivity index (χ3v) is 11.2. The Morgan fingerprint density at radius 3 is 1.54 bits per heavy atom. The van der Waals surface area contributed by atoms with Crippen LogP contribution in [0.4, 0.5) is 0 Å². The van der Waals surface area contributed by atoms with Gasteiger partial charge in [0.2, 0.25) is 5.89 Å². The van der Waals surface area contributed by atoms with E-state index >= 15 is 0 Å². The Morgan fingerprint density at radius 2 is 0.864 bits per heavy atom. The van der Waals surface area contributed by atoms with Crippen LogP contribution in [-0.2, 0) is 0 Å². The predicted molar refractivity (Wildman–Crippen MR) is 238 cm³/mol. The highest BCUT2D eigenvalue weighted by Crippen LogP contribution is 2.42. The molecule has 0 unspecified atom stereocenters. The van der Waals surface area contributed by atoms with Gasteiger partial charge in [0.1, 0.15) is 5.52 Å². The summed E-state index contributed by atoms with van der Waals surface area (Å²) in [5, 5.41) is 4.78. The molecule has 7 heteroatoms. The largest absolute Gasteiger partial charge is 0.435 e. The van der Waals surface area contributed by atoms with Crippen LogP contribution in [0.5, 0.6) is 0 Å². The third kappa shape index (κ3) is 5.29. The normalized spacial score (nSPS) is 11.7. The zero-order valence-corrected chi connectivity index (χ0v) is 31.6. The van der Waals surface area contributed by atoms with E-state index in [0.717, 1.165) is 61.2 Å². The molecule has 0 aliphatic carbocycles. The average Bonchev–Trinajstić information content (AvgIpc) is 4.00. The van der Waals surface area contributed by atoms with E-state index in [1.807, 2.05) is 78.9 Å². The fourth-order valence-electron chi connectivity index (χ4n) is 8.57. The Balaban J connectivity index is 1.10. The van der Waals surface area contributed by atoms with Crippen LogP contribution in [0.2, 0.25) is 0 Å². The van der Waals surface area contributed by atoms with Gasteiger partial charge in [-0.2, -0.15) is 0 Å². The average molecular weight is 757 g/mol. The smallest absolute Gasteiger partial charge is 0.227 e. The number of benzene rings is 8. The molecule has 0 spiro atoms. The molecule has 7 nitrogen and oxygen atoms in total. The number of rotatable bonds is 6. The van der Waals surface area contributed by atoms with Crippen molar-refractivity contribution in [1.82, 2.24) is 29.1 Å². The Labute approximate surface area is 338 Å². The highest BCUT2D eigenvalue weighted by Gasteiger charge is 2.22. The summed E-state index contributed by atoms with van der Waals surface area (Å²) >= 11 is 0. The van der Waals surface area contributed by atoms with E-state index < -0.39 is 0 Å². The number of aromatic nitrogens is 6. The van der Waals surface area contributed by atoms with E-state index in [-0.39, 0.29) is 0 Å². The summed E-state index contributed by atoms with van der Waals surface area (Å²) < 4.78 is 11.3. The highest BCUT2D eigenvalue weighted by molar-refractivity contribution is 6.23. The van der Waals surface area contributed by atoms with E-state index in [0.29, 0.717) is 28.9 Å². The number of hydrogen-bond donors (Lipinski definition) is 0. The molecule has 0 fully saturated rings. The van der Waals surface area contributed by atoms with Crippen LogP contribution in [0.1, 0.15) is 0 Å². The van der Waals surface area contributed by atoms with E-state index in [1.54, 1.807) is 0 Å². The van der Waals surface area contributed by atoms with Crippen LogP contribution in [0.15, 0.2) is 199 Å². The van der Waals surface area contributed by atoms with Gasteiger partial charge in [-0.25, -0.2) is 19.9 Å². The second kappa shape index (κ2) is 13.2. The minimum Gasteiger partial charge on any atom is -0.435 e. The Morgan fingerprint density at radius 1 is 0.356 bits per heavy atom. The Bertz CT molecular complexity index is 3550. The third-order valence-electron chi connectivity index (χ3n) is 11.2. The van der Waals surface area contributed by atoms with Gasteiger partial charge in [-0.05, 0) is 60.7 Å². The second-order valence-corrected chi connectivity index (χ2v) is 14.7. The van der Waals surface area contributed by atoms with E-state index in [4.69, 9.17) is 24.4 Å². The first-order valence-corrected chi connectivity index (χ1v) is 19.7. The SMILES string of the molecule is c1ccc(-c2nc(-c3cccc(-n4c5ccccc5c5ccc6c7ccccc7n(-c7ccccc7)c6c54)c3)nc(-c3cccc4nc(-c5ccccc5)oc34)n2)cc1. The molecule has 0 N–H and O–H groups in total. The maximum Gasteiger partial charge on any atom is 0.227 e. The Hall–Kier alpha value is -8.16. The van der Waals surface area contributed by atoms with E-state index in [9.17, 15) is 0 Å². The Kier molecular flexibility index (Phi) is 7.40. The molecular weight excluding hydrogens is 725 g/mol. The fourth-order valence-corrected chi connectivity index (χ4v) is 8.57. The van der Waals surface area contributed by atoms with E-state index in [1.165, 1.54) is 21.5 Å². The fraction of sp³-hybridized carbons (Fsp3) is 0. The molecule has 0 aliphatic heterocycles. The highest BCUT2D eigenvalue weighted by atomic mass is 16.3. The number of hydrogen-bond acceptors (Lipinski definition) is 5. The maximum atomic E-state index is 6.46. The zero-order valence-electron chi connectivity index (χ0n) is 31.6. The first kappa shape index (κ1) is 33.0. The van der Waals surface area contributed by atoms with Crippen molar-refractivity contribution in [3.05, 3.63) is 194 Å². The van der Waals surface area contributed by atoms with Crippen LogP contribution < -0.4 is 0 Å². The molecule has 0 bridgehead atoms. The summed E-state index contributed by atoms with van der Waals surface area (Å²) in [5.41, 5.74) is 11.4. The molecule has 0 saturated heterocycles. The van der Waals surface area contributed by atoms with Crippen molar-refractivity contribution in [2.75, 3.05) is 0 Å². The van der Waals surface area contributed by atoms with Crippen molar-refractivity contribution in [2.45, 2.75) is 0 Å². The van der Waals surface area contributed by atoms with Gasteiger partial charge < -0.3 is 13.6 Å². The first-order valence-electron chi connectivity index (χ1n) is 19.7. The molecule has 59 heavy (non-hydrogen) atoms. The maximum absolute atomic E-state index is 6.46. The van der Waals surface area contributed by atoms with Crippen LogP contribution in [0.25, 0.3) is 112 Å². The van der Waals surface area contributed by atoms with Gasteiger partial charge >= 0.3 is 0 Å². The summed E-state index contributed by atoms with van der Waals surface area (Å²) in [4.78, 5) is 20.2. The van der Waals surface area contributed by atoms with Crippen molar-refractivity contribution < 1.29 is 4.42 Å². The van der Waals surface area contributed by atoms with Gasteiger partial charge in [0.25, 0.3) is 0 Å². The second-order valence-electron chi connectivity index (χ2n) is 14.7. The number of para-hydroxylation sites is 4. The lowest BCUT2D eigenvalue weighted by Gasteiger charge is -2.14. The molecular formula is C52H32N6O. The minimum atomic E-state index is 0.506. The molecule has 0 radical (unpaired) electrons. The molecule has 12 aromatic rings. The molecule has 12 rings (SSSR count). The standard InChI is InChI=1S/C52H32N6O/c1-4-16-33(17-5-1)49-54-50(56-51(55-49)42-26-15-27-43-48(42)59-52(53-43)34-18-6-2-7-19-34)35-20-14-23-37(32-35)58-45-29-13-11-25-39(45)41-31-30-40-38-24-10-12-28-44(38)57(46(40)47(41)58)36-21-8-3-9-22-36/h1-32H. The van der Waals surface area contributed by atoms with Crippen molar-refractivity contribution in [3.8, 4) is 57.0 Å². The van der Waals surface area contributed by atoms with Crippen molar-refractivity contribution in [2.24, 2.45) is 0 Å². The van der Waals surface area contributed by atoms with Gasteiger partial charge in [-0.15, -0.1) is 0 Å². The van der Waals surface area contributed by atoms with Crippen LogP contribution in [0.3, 0.4) is 0 Å². The van der Waals surface area contributed by atoms with Crippen LogP contribution >= 0.6 is 0 Å². The van der Waals surface area contributed by atoms with Crippen molar-refractivity contribution in [3.63, 3.8) is 0 Å². The molecule has 4 aromatic heterocycles. The van der Waals surface area contributed by atoms with Crippen LogP contribution in [0, 0.1) is 0 Å². The van der Waals surface area contributed by atoms with E-state index in [2.05, 4.69) is 124 Å². The topological polar surface area (TPSA) is 74.6 Å². The lowest BCUT2D eigenvalue weighted by atomic mass is 10.1. The molecule has 8 aromatic carbocycles. The minimum absolute atomic E-state index is 0.506. The quantitative estimate of drug-likeness (QED) is 0.169. The molecule has 276 valence electrons. The predicted octanol–water partition coefficient (Wildman–Crippen LogP) is 12.9. The molecule has 0 saturated carbocycles. The summed E-state index contributed by atoms with van der Waals surface area (Å²) in [7, 11) is 0. The lowest BCUT2D eigenvalue weighted by Crippen LogP contribution is -2.02. The molecule has 0 aliphatic rings. The number of oxazole rings is 1. The molecule has 0 atom stereocenters. The first-order chi connectivity index (χ1) is 29.3. The summed E-state index contributed by atoms with van der Waals surface area (Å²) in [5.74, 6) is 2.18. The van der Waals surface area contributed by atoms with Crippen LogP contribution in [-0.4, -0.2) is 29.1 Å². The van der Waals surface area contributed by atoms with Gasteiger partial charge in [0, 0.05) is 49.6 Å². The van der Waals surface area contributed by atoms with Crippen molar-refractivity contribution in [1.29, 1.82) is 0 Å². The molecule has 0 amide bonds. The zero-order chi connectivity index (χ0) is 38.9. The van der Waals surface area contributed by atoms with Gasteiger partial charge in [-0.3, -0.25) is 0 Å². The summed E-state index contributed by atoms with van der Waals surface area (Å²) in [6.45, 7) is 0.